The van der Waals surface area contributed by atoms with Crippen molar-refractivity contribution in [2.75, 3.05) is 6.54 Å². The van der Waals surface area contributed by atoms with Gasteiger partial charge in [0.25, 0.3) is 5.91 Å². The normalized spacial score (nSPS) is 29.2. The van der Waals surface area contributed by atoms with Crippen molar-refractivity contribution in [1.29, 1.82) is 5.26 Å². The molecule has 4 atom stereocenters. The van der Waals surface area contributed by atoms with Crippen molar-refractivity contribution in [2.45, 2.75) is 24.3 Å². The molecule has 0 spiro atoms. The van der Waals surface area contributed by atoms with Gasteiger partial charge in [-0.2, -0.15) is 5.26 Å². The number of nitrogens with zero attached hydrogens (tertiary/aromatic N) is 2. The van der Waals surface area contributed by atoms with E-state index in [1.54, 1.807) is 4.90 Å². The van der Waals surface area contributed by atoms with E-state index in [-0.39, 0.29) is 23.1 Å². The molecule has 27 heavy (non-hydrogen) atoms. The van der Waals surface area contributed by atoms with E-state index in [0.717, 1.165) is 17.5 Å². The van der Waals surface area contributed by atoms with Crippen LogP contribution in [0.1, 0.15) is 23.7 Å². The molecule has 0 unspecified atom stereocenters. The Hall–Kier alpha value is -2.57. The van der Waals surface area contributed by atoms with Crippen LogP contribution in [0.4, 0.5) is 0 Å². The van der Waals surface area contributed by atoms with Gasteiger partial charge in [-0.25, -0.2) is 0 Å². The first-order chi connectivity index (χ1) is 13.0. The highest BCUT2D eigenvalue weighted by atomic mass is 35.5. The largest absolute Gasteiger partial charge is 0.316 e. The fourth-order valence-corrected chi connectivity index (χ4v) is 4.69. The summed E-state index contributed by atoms with van der Waals surface area (Å²) in [4.78, 5) is 15.0. The van der Waals surface area contributed by atoms with Crippen LogP contribution < -0.4 is 0 Å². The fraction of sp³-hybridized carbons (Fsp3) is 0.304. The summed E-state index contributed by atoms with van der Waals surface area (Å²) in [5.41, 5.74) is 1.90. The lowest BCUT2D eigenvalue weighted by atomic mass is 9.75. The zero-order valence-corrected chi connectivity index (χ0v) is 15.9. The molecule has 1 fully saturated rings. The number of likely N-dealkylation sites (tertiary alicyclic amines) is 1. The van der Waals surface area contributed by atoms with Crippen LogP contribution >= 0.6 is 11.6 Å². The molecule has 0 bridgehead atoms. The summed E-state index contributed by atoms with van der Waals surface area (Å²) in [6.45, 7) is 2.68. The zero-order chi connectivity index (χ0) is 19.0. The molecular formula is C23H21ClN2O. The molecule has 4 rings (SSSR count). The maximum Gasteiger partial charge on any atom is 0.255 e. The molecule has 2 aromatic carbocycles. The summed E-state index contributed by atoms with van der Waals surface area (Å²) in [7, 11) is 0. The van der Waals surface area contributed by atoms with Gasteiger partial charge in [-0.3, -0.25) is 4.79 Å². The van der Waals surface area contributed by atoms with Crippen molar-refractivity contribution in [2.24, 2.45) is 11.8 Å². The standard InChI is InChI=1S/C23H21ClN2O/c1-16-14-26(23(15-25)12-11-20(24)13-21(16)23)22(27)19-9-7-18(8-10-19)17-5-3-2-4-6-17/h2-12,16,20-21H,13-14H2,1H3/t16-,20-,21+,23-/m0/s1. The topological polar surface area (TPSA) is 44.1 Å². The Bertz CT molecular complexity index is 916. The van der Waals surface area contributed by atoms with Crippen molar-refractivity contribution < 1.29 is 4.79 Å². The summed E-state index contributed by atoms with van der Waals surface area (Å²) in [5.74, 6) is 0.217. The van der Waals surface area contributed by atoms with E-state index >= 15 is 0 Å². The second-order valence-electron chi connectivity index (χ2n) is 7.49. The minimum absolute atomic E-state index is 0.0702. The Kier molecular flexibility index (Phi) is 4.53. The van der Waals surface area contributed by atoms with Crippen LogP contribution in [-0.2, 0) is 0 Å². The Balaban J connectivity index is 1.65. The summed E-state index contributed by atoms with van der Waals surface area (Å²) in [6, 6.07) is 20.1. The molecule has 1 heterocycles. The zero-order valence-electron chi connectivity index (χ0n) is 15.2. The molecule has 136 valence electrons. The molecule has 4 heteroatoms. The molecule has 0 radical (unpaired) electrons. The maximum atomic E-state index is 13.2. The molecule has 1 saturated heterocycles. The number of benzene rings is 2. The van der Waals surface area contributed by atoms with Crippen LogP contribution in [0.15, 0.2) is 66.7 Å². The second kappa shape index (κ2) is 6.87. The SMILES string of the molecule is C[C@H]1CN(C(=O)c2ccc(-c3ccccc3)cc2)[C@]2(C#N)C=C[C@H](Cl)C[C@H]12. The van der Waals surface area contributed by atoms with Gasteiger partial charge in [0.2, 0.25) is 0 Å². The van der Waals surface area contributed by atoms with E-state index in [1.165, 1.54) is 0 Å². The molecular weight excluding hydrogens is 356 g/mol. The number of halogens is 1. The minimum atomic E-state index is -0.889. The third-order valence-electron chi connectivity index (χ3n) is 5.87. The Morgan fingerprint density at radius 1 is 1.15 bits per heavy atom. The van der Waals surface area contributed by atoms with Crippen LogP contribution in [0.2, 0.25) is 0 Å². The smallest absolute Gasteiger partial charge is 0.255 e. The van der Waals surface area contributed by atoms with Gasteiger partial charge in [0.1, 0.15) is 0 Å². The second-order valence-corrected chi connectivity index (χ2v) is 8.05. The van der Waals surface area contributed by atoms with E-state index in [4.69, 9.17) is 11.6 Å². The van der Waals surface area contributed by atoms with E-state index in [1.807, 2.05) is 66.7 Å². The van der Waals surface area contributed by atoms with Crippen LogP contribution in [0.3, 0.4) is 0 Å². The number of carbonyl (C=O) groups is 1. The summed E-state index contributed by atoms with van der Waals surface area (Å²) in [5, 5.41) is 9.91. The molecule has 0 aromatic heterocycles. The van der Waals surface area contributed by atoms with Crippen LogP contribution in [0.25, 0.3) is 11.1 Å². The molecule has 0 saturated carbocycles. The van der Waals surface area contributed by atoms with Crippen molar-refractivity contribution in [1.82, 2.24) is 4.90 Å². The lowest BCUT2D eigenvalue weighted by Crippen LogP contribution is -2.50. The van der Waals surface area contributed by atoms with E-state index in [9.17, 15) is 10.1 Å². The van der Waals surface area contributed by atoms with E-state index < -0.39 is 5.54 Å². The number of amides is 1. The average Bonchev–Trinajstić information content (AvgIpc) is 3.01. The molecule has 3 nitrogen and oxygen atoms in total. The predicted octanol–water partition coefficient (Wildman–Crippen LogP) is 4.89. The first-order valence-electron chi connectivity index (χ1n) is 9.27. The van der Waals surface area contributed by atoms with Gasteiger partial charge in [-0.15, -0.1) is 11.6 Å². The van der Waals surface area contributed by atoms with Gasteiger partial charge >= 0.3 is 0 Å². The minimum Gasteiger partial charge on any atom is -0.316 e. The van der Waals surface area contributed by atoms with Gasteiger partial charge in [0, 0.05) is 18.0 Å². The van der Waals surface area contributed by atoms with E-state index in [0.29, 0.717) is 12.1 Å². The molecule has 0 N–H and O–H groups in total. The molecule has 1 amide bonds. The average molecular weight is 377 g/mol. The summed E-state index contributed by atoms with van der Waals surface area (Å²) >= 11 is 6.29. The number of alkyl halides is 1. The van der Waals surface area contributed by atoms with Crippen molar-refractivity contribution >= 4 is 17.5 Å². The van der Waals surface area contributed by atoms with Crippen molar-refractivity contribution in [3.8, 4) is 17.2 Å². The lowest BCUT2D eigenvalue weighted by molar-refractivity contribution is 0.0687. The van der Waals surface area contributed by atoms with Gasteiger partial charge in [-0.05, 0) is 41.7 Å². The highest BCUT2D eigenvalue weighted by Crippen LogP contribution is 2.46. The number of hydrogen-bond acceptors (Lipinski definition) is 2. The number of fused-ring (bicyclic) bond motifs is 1. The Morgan fingerprint density at radius 3 is 2.48 bits per heavy atom. The highest BCUT2D eigenvalue weighted by Gasteiger charge is 2.55. The number of carbonyl (C=O) groups excluding carboxylic acids is 1. The number of hydrogen-bond donors (Lipinski definition) is 0. The first kappa shape index (κ1) is 17.8. The third kappa shape index (κ3) is 2.95. The van der Waals surface area contributed by atoms with Crippen molar-refractivity contribution in [3.63, 3.8) is 0 Å². The van der Waals surface area contributed by atoms with E-state index in [2.05, 4.69) is 13.0 Å². The predicted molar refractivity (Wildman–Crippen MR) is 107 cm³/mol. The van der Waals surface area contributed by atoms with Gasteiger partial charge < -0.3 is 4.90 Å². The van der Waals surface area contributed by atoms with Gasteiger partial charge in [0.05, 0.1) is 11.4 Å². The molecule has 1 aliphatic heterocycles. The monoisotopic (exact) mass is 376 g/mol. The van der Waals surface area contributed by atoms with Gasteiger partial charge in [0.15, 0.2) is 5.54 Å². The number of nitriles is 1. The molecule has 2 aliphatic rings. The van der Waals surface area contributed by atoms with Crippen LogP contribution in [0.5, 0.6) is 0 Å². The maximum absolute atomic E-state index is 13.2. The molecule has 1 aliphatic carbocycles. The Labute approximate surface area is 164 Å². The van der Waals surface area contributed by atoms with Crippen molar-refractivity contribution in [3.05, 3.63) is 72.3 Å². The van der Waals surface area contributed by atoms with Crippen LogP contribution in [-0.4, -0.2) is 28.3 Å². The first-order valence-corrected chi connectivity index (χ1v) is 9.71. The highest BCUT2D eigenvalue weighted by molar-refractivity contribution is 6.21. The van der Waals surface area contributed by atoms with Gasteiger partial charge in [-0.1, -0.05) is 55.5 Å². The Morgan fingerprint density at radius 2 is 1.81 bits per heavy atom. The summed E-state index contributed by atoms with van der Waals surface area (Å²) < 4.78 is 0. The lowest BCUT2D eigenvalue weighted by Gasteiger charge is -2.37. The quantitative estimate of drug-likeness (QED) is 0.553. The fourth-order valence-electron chi connectivity index (χ4n) is 4.42. The number of rotatable bonds is 2. The number of allylic oxidation sites excluding steroid dienone is 1. The molecule has 2 aromatic rings. The third-order valence-corrected chi connectivity index (χ3v) is 6.19. The summed E-state index contributed by atoms with van der Waals surface area (Å²) in [6.07, 6.45) is 4.43. The van der Waals surface area contributed by atoms with Crippen LogP contribution in [0, 0.1) is 23.2 Å².